The van der Waals surface area contributed by atoms with Gasteiger partial charge in [0, 0.05) is 31.6 Å². The lowest BCUT2D eigenvalue weighted by Crippen LogP contribution is -2.70. The molecule has 1 saturated heterocycles. The van der Waals surface area contributed by atoms with E-state index in [0.717, 1.165) is 4.90 Å². The summed E-state index contributed by atoms with van der Waals surface area (Å²) in [6.45, 7) is 10.2. The van der Waals surface area contributed by atoms with E-state index in [9.17, 15) is 39.9 Å². The van der Waals surface area contributed by atoms with Crippen LogP contribution in [0.3, 0.4) is 0 Å². The molecule has 0 bridgehead atoms. The highest BCUT2D eigenvalue weighted by Crippen LogP contribution is 2.37. The summed E-state index contributed by atoms with van der Waals surface area (Å²) in [5.41, 5.74) is 9.65. The number of carbonyl (C=O) groups excluding carboxylic acids is 3. The van der Waals surface area contributed by atoms with E-state index in [4.69, 9.17) is 40.3 Å². The monoisotopic (exact) mass is 792 g/mol. The molecule has 2 unspecified atom stereocenters. The highest BCUT2D eigenvalue weighted by Gasteiger charge is 2.55. The van der Waals surface area contributed by atoms with Crippen LogP contribution in [-0.2, 0) is 28.5 Å². The molecule has 0 aromatic carbocycles. The summed E-state index contributed by atoms with van der Waals surface area (Å²) in [5, 5.41) is 72.3. The third-order valence-electron chi connectivity index (χ3n) is 9.38. The van der Waals surface area contributed by atoms with E-state index in [1.807, 2.05) is 0 Å². The molecule has 2 fully saturated rings. The minimum absolute atomic E-state index is 0.0569. The Balaban J connectivity index is 1.89. The Bertz CT molecular complexity index is 1330. The number of hydrogen-bond donors (Lipinski definition) is 11. The molecule has 0 spiro atoms. The molecular formula is C35H64N6O14. The van der Waals surface area contributed by atoms with Crippen LogP contribution in [0.25, 0.3) is 0 Å². The third-order valence-corrected chi connectivity index (χ3v) is 9.38. The zero-order valence-electron chi connectivity index (χ0n) is 33.0. The zero-order chi connectivity index (χ0) is 41.6. The molecule has 20 heteroatoms. The SMILES string of the molecule is CN(C(=O)OC(C)(C)C)[C@@H]1[C@@H](O)[C@@H](O[C@@H]2[C@@H](O)[C@H](C3OC(CNCC(O)CO)=CC[C@H]3N)[C@@H](N)C[C@H]2NC(=O)[C@@H](O)CNC(=O)OC(C)(C)C)OC[C@]1(C)O. The Morgan fingerprint density at radius 2 is 1.67 bits per heavy atom. The van der Waals surface area contributed by atoms with Crippen LogP contribution in [0, 0.1) is 5.92 Å². The molecule has 3 rings (SSSR count). The fraction of sp³-hybridized carbons (Fsp3) is 0.857. The topological polar surface area (TPSA) is 310 Å². The minimum Gasteiger partial charge on any atom is -0.492 e. The molecular weight excluding hydrogens is 728 g/mol. The maximum absolute atomic E-state index is 13.3. The third kappa shape index (κ3) is 13.1. The number of hydrogen-bond acceptors (Lipinski definition) is 17. The molecule has 318 valence electrons. The van der Waals surface area contributed by atoms with E-state index in [1.165, 1.54) is 14.0 Å². The molecule has 0 radical (unpaired) electrons. The van der Waals surface area contributed by atoms with Gasteiger partial charge in [0.25, 0.3) is 5.91 Å². The standard InChI is InChI=1S/C35H64N6O14/c1-33(2,3)54-31(48)39-14-22(44)29(47)40-21-11-20(37)23(26-19(36)10-9-18(52-26)13-38-12-17(43)15-42)24(45)27(21)53-30-25(46)28(35(7,50)16-51-30)41(8)32(49)55-34(4,5)6/h9,17,19-28,30,38,42-46,50H,10-16,36-37H2,1-8H3,(H,39,48)(H,40,47)/t17?,19-,20+,21-,22+,23-,24+,25-,26?,27+,28-,30-,35+/m1/s1. The summed E-state index contributed by atoms with van der Waals surface area (Å²) in [6, 6.07) is -3.97. The predicted octanol–water partition coefficient (Wildman–Crippen LogP) is -2.90. The van der Waals surface area contributed by atoms with Crippen molar-refractivity contribution in [1.82, 2.24) is 20.9 Å². The lowest BCUT2D eigenvalue weighted by molar-refractivity contribution is -0.305. The van der Waals surface area contributed by atoms with Gasteiger partial charge in [0.15, 0.2) is 6.29 Å². The van der Waals surface area contributed by atoms with Crippen LogP contribution < -0.4 is 27.4 Å². The van der Waals surface area contributed by atoms with Gasteiger partial charge in [-0.1, -0.05) is 0 Å². The van der Waals surface area contributed by atoms with Crippen molar-refractivity contribution in [3.05, 3.63) is 11.8 Å². The van der Waals surface area contributed by atoms with E-state index < -0.39 is 128 Å². The molecule has 0 aromatic heterocycles. The van der Waals surface area contributed by atoms with Gasteiger partial charge in [0.05, 0.1) is 50.6 Å². The molecule has 3 aliphatic rings. The molecule has 3 amide bonds. The number of nitrogens with two attached hydrogens (primary N) is 2. The fourth-order valence-electron chi connectivity index (χ4n) is 6.85. The van der Waals surface area contributed by atoms with Gasteiger partial charge in [0.1, 0.15) is 47.0 Å². The number of carbonyl (C=O) groups is 3. The van der Waals surface area contributed by atoms with Gasteiger partial charge < -0.3 is 86.6 Å². The quantitative estimate of drug-likeness (QED) is 0.0891. The van der Waals surface area contributed by atoms with Gasteiger partial charge in [-0.15, -0.1) is 0 Å². The number of nitrogens with zero attached hydrogens (tertiary/aromatic N) is 1. The first-order valence-corrected chi connectivity index (χ1v) is 18.5. The summed E-state index contributed by atoms with van der Waals surface area (Å²) >= 11 is 0. The summed E-state index contributed by atoms with van der Waals surface area (Å²) in [4.78, 5) is 39.5. The first kappa shape index (κ1) is 46.5. The second-order valence-electron chi connectivity index (χ2n) is 16.8. The maximum atomic E-state index is 13.3. The average Bonchev–Trinajstić information content (AvgIpc) is 3.05. The number of aliphatic hydroxyl groups is 6. The number of alkyl carbamates (subject to hydrolysis) is 1. The Hall–Kier alpha value is -2.89. The lowest BCUT2D eigenvalue weighted by Gasteiger charge is -2.51. The molecule has 0 aromatic rings. The smallest absolute Gasteiger partial charge is 0.410 e. The molecule has 2 aliphatic heterocycles. The first-order valence-electron chi connectivity index (χ1n) is 18.5. The van der Waals surface area contributed by atoms with Gasteiger partial charge in [-0.05, 0) is 67.4 Å². The number of ether oxygens (including phenoxy) is 5. The second kappa shape index (κ2) is 19.0. The van der Waals surface area contributed by atoms with Crippen molar-refractivity contribution in [2.24, 2.45) is 17.4 Å². The summed E-state index contributed by atoms with van der Waals surface area (Å²) < 4.78 is 28.9. The van der Waals surface area contributed by atoms with Gasteiger partial charge >= 0.3 is 12.2 Å². The Morgan fingerprint density at radius 3 is 2.27 bits per heavy atom. The highest BCUT2D eigenvalue weighted by atomic mass is 16.7. The van der Waals surface area contributed by atoms with Gasteiger partial charge in [-0.3, -0.25) is 4.79 Å². The van der Waals surface area contributed by atoms with E-state index in [2.05, 4.69) is 16.0 Å². The van der Waals surface area contributed by atoms with Gasteiger partial charge in [-0.25, -0.2) is 9.59 Å². The van der Waals surface area contributed by atoms with E-state index in [0.29, 0.717) is 12.2 Å². The highest BCUT2D eigenvalue weighted by molar-refractivity contribution is 5.81. The number of nitrogens with one attached hydrogen (secondary N) is 3. The lowest BCUT2D eigenvalue weighted by atomic mass is 9.72. The summed E-state index contributed by atoms with van der Waals surface area (Å²) in [6.07, 6.45) is -9.56. The Kier molecular flexibility index (Phi) is 16.1. The van der Waals surface area contributed by atoms with E-state index in [1.54, 1.807) is 47.6 Å². The van der Waals surface area contributed by atoms with Crippen molar-refractivity contribution >= 4 is 18.1 Å². The van der Waals surface area contributed by atoms with Crippen LogP contribution in [0.1, 0.15) is 61.3 Å². The molecule has 1 saturated carbocycles. The Labute approximate surface area is 321 Å². The zero-order valence-corrected chi connectivity index (χ0v) is 33.0. The number of likely N-dealkylation sites (N-methyl/N-ethyl adjacent to an activating group) is 1. The van der Waals surface area contributed by atoms with Crippen LogP contribution in [0.5, 0.6) is 0 Å². The normalized spacial score (nSPS) is 34.0. The van der Waals surface area contributed by atoms with Gasteiger partial charge in [0.2, 0.25) is 0 Å². The maximum Gasteiger partial charge on any atom is 0.410 e. The molecule has 20 nitrogen and oxygen atoms in total. The van der Waals surface area contributed by atoms with Crippen molar-refractivity contribution in [2.75, 3.05) is 39.9 Å². The van der Waals surface area contributed by atoms with Crippen molar-refractivity contribution in [3.63, 3.8) is 0 Å². The summed E-state index contributed by atoms with van der Waals surface area (Å²) in [5.74, 6) is -1.43. The second-order valence-corrected chi connectivity index (χ2v) is 16.8. The van der Waals surface area contributed by atoms with E-state index >= 15 is 0 Å². The fourth-order valence-corrected chi connectivity index (χ4v) is 6.85. The molecule has 13 N–H and O–H groups in total. The molecule has 55 heavy (non-hydrogen) atoms. The van der Waals surface area contributed by atoms with Crippen LogP contribution in [-0.4, -0.2) is 177 Å². The molecule has 2 heterocycles. The van der Waals surface area contributed by atoms with Crippen molar-refractivity contribution in [2.45, 2.75) is 145 Å². The van der Waals surface area contributed by atoms with Crippen LogP contribution in [0.2, 0.25) is 0 Å². The van der Waals surface area contributed by atoms with Crippen LogP contribution in [0.15, 0.2) is 11.8 Å². The first-order chi connectivity index (χ1) is 25.3. The average molecular weight is 793 g/mol. The van der Waals surface area contributed by atoms with Crippen molar-refractivity contribution in [1.29, 1.82) is 0 Å². The molecule has 13 atom stereocenters. The Morgan fingerprint density at radius 1 is 1.04 bits per heavy atom. The van der Waals surface area contributed by atoms with Crippen LogP contribution >= 0.6 is 0 Å². The predicted molar refractivity (Wildman–Crippen MR) is 195 cm³/mol. The van der Waals surface area contributed by atoms with Crippen LogP contribution in [0.4, 0.5) is 9.59 Å². The summed E-state index contributed by atoms with van der Waals surface area (Å²) in [7, 11) is 1.34. The number of aliphatic hydroxyl groups excluding tert-OH is 5. The number of rotatable bonds is 13. The van der Waals surface area contributed by atoms with Gasteiger partial charge in [-0.2, -0.15) is 0 Å². The van der Waals surface area contributed by atoms with Crippen molar-refractivity contribution < 1.29 is 68.7 Å². The largest absolute Gasteiger partial charge is 0.492 e. The molecule has 1 aliphatic carbocycles. The minimum atomic E-state index is -1.79. The van der Waals surface area contributed by atoms with Crippen molar-refractivity contribution in [3.8, 4) is 0 Å². The number of amides is 3. The van der Waals surface area contributed by atoms with E-state index in [-0.39, 0.29) is 19.5 Å².